The number of allylic oxidation sites excluding steroid dienone is 10. The molecule has 0 N–H and O–H groups in total. The normalized spacial score (nSPS) is 12.7. The number of unbranched alkanes of at least 4 members (excludes halogenated alkanes) is 26. The Labute approximate surface area is 373 Å². The summed E-state index contributed by atoms with van der Waals surface area (Å²) in [5.74, 6) is -0.407. The summed E-state index contributed by atoms with van der Waals surface area (Å²) in [6, 6.07) is 0. The molecule has 0 saturated heterocycles. The van der Waals surface area contributed by atoms with Gasteiger partial charge in [-0.3, -0.25) is 9.59 Å². The first-order valence-corrected chi connectivity index (χ1v) is 25.8. The molecule has 0 fully saturated rings. The van der Waals surface area contributed by atoms with Crippen LogP contribution in [0.15, 0.2) is 60.8 Å². The molecular formula is C55H98O5. The molecule has 0 amide bonds. The van der Waals surface area contributed by atoms with Crippen LogP contribution in [0.25, 0.3) is 0 Å². The number of hydrogen-bond donors (Lipinski definition) is 0. The molecule has 60 heavy (non-hydrogen) atoms. The van der Waals surface area contributed by atoms with Gasteiger partial charge in [0, 0.05) is 19.4 Å². The Morgan fingerprint density at radius 2 is 0.783 bits per heavy atom. The first-order chi connectivity index (χ1) is 29.6. The van der Waals surface area contributed by atoms with E-state index < -0.39 is 6.10 Å². The minimum absolute atomic E-state index is 0.0771. The second-order valence-corrected chi connectivity index (χ2v) is 17.0. The maximum absolute atomic E-state index is 12.8. The summed E-state index contributed by atoms with van der Waals surface area (Å²) in [6.07, 6.45) is 63.6. The summed E-state index contributed by atoms with van der Waals surface area (Å²) in [5.41, 5.74) is 0. The highest BCUT2D eigenvalue weighted by Gasteiger charge is 2.17. The fraction of sp³-hybridized carbons (Fsp3) is 0.782. The minimum atomic E-state index is -0.544. The molecule has 1 atom stereocenters. The van der Waals surface area contributed by atoms with Crippen molar-refractivity contribution in [2.75, 3.05) is 19.8 Å². The Morgan fingerprint density at radius 1 is 0.383 bits per heavy atom. The largest absolute Gasteiger partial charge is 0.462 e. The fourth-order valence-corrected chi connectivity index (χ4v) is 7.21. The highest BCUT2D eigenvalue weighted by atomic mass is 16.6. The van der Waals surface area contributed by atoms with Crippen molar-refractivity contribution in [1.29, 1.82) is 0 Å². The molecule has 0 aliphatic carbocycles. The van der Waals surface area contributed by atoms with E-state index in [-0.39, 0.29) is 25.2 Å². The van der Waals surface area contributed by atoms with Gasteiger partial charge in [-0.05, 0) is 77.0 Å². The van der Waals surface area contributed by atoms with Crippen LogP contribution in [-0.4, -0.2) is 37.9 Å². The monoisotopic (exact) mass is 839 g/mol. The van der Waals surface area contributed by atoms with E-state index in [1.54, 1.807) is 0 Å². The molecule has 0 aromatic heterocycles. The van der Waals surface area contributed by atoms with Crippen molar-refractivity contribution < 1.29 is 23.8 Å². The predicted octanol–water partition coefficient (Wildman–Crippen LogP) is 17.3. The topological polar surface area (TPSA) is 61.8 Å². The highest BCUT2D eigenvalue weighted by molar-refractivity contribution is 5.70. The Kier molecular flexibility index (Phi) is 48.9. The van der Waals surface area contributed by atoms with Crippen LogP contribution >= 0.6 is 0 Å². The van der Waals surface area contributed by atoms with Crippen molar-refractivity contribution in [2.24, 2.45) is 0 Å². The summed E-state index contributed by atoms with van der Waals surface area (Å²) in [5, 5.41) is 0. The lowest BCUT2D eigenvalue weighted by Crippen LogP contribution is -2.30. The average molecular weight is 839 g/mol. The molecule has 0 aromatic carbocycles. The molecule has 0 aromatic rings. The molecule has 0 aliphatic rings. The SMILES string of the molecule is CC/C=C\C/C=C\C/C=C\CCCCCCCCCC(=O)OCC(COCCCCCCCC/C=C\C/C=C\CCC)OC(=O)CCCCCCCCCCCCCCC. The number of esters is 2. The molecular weight excluding hydrogens is 741 g/mol. The number of rotatable bonds is 47. The van der Waals surface area contributed by atoms with E-state index in [0.717, 1.165) is 77.0 Å². The van der Waals surface area contributed by atoms with Crippen molar-refractivity contribution in [3.05, 3.63) is 60.8 Å². The maximum atomic E-state index is 12.8. The molecule has 1 unspecified atom stereocenters. The summed E-state index contributed by atoms with van der Waals surface area (Å²) in [4.78, 5) is 25.4. The molecule has 0 saturated carbocycles. The third kappa shape index (κ3) is 48.3. The first-order valence-electron chi connectivity index (χ1n) is 25.8. The lowest BCUT2D eigenvalue weighted by atomic mass is 10.0. The number of carbonyl (C=O) groups is 2. The molecule has 0 radical (unpaired) electrons. The van der Waals surface area contributed by atoms with Gasteiger partial charge < -0.3 is 14.2 Å². The Bertz CT molecular complexity index is 1040. The zero-order valence-electron chi connectivity index (χ0n) is 40.0. The van der Waals surface area contributed by atoms with Crippen LogP contribution < -0.4 is 0 Å². The molecule has 0 bridgehead atoms. The van der Waals surface area contributed by atoms with Gasteiger partial charge in [-0.15, -0.1) is 0 Å². The van der Waals surface area contributed by atoms with Crippen LogP contribution in [-0.2, 0) is 23.8 Å². The van der Waals surface area contributed by atoms with Crippen LogP contribution in [0.1, 0.15) is 252 Å². The van der Waals surface area contributed by atoms with Gasteiger partial charge in [0.25, 0.3) is 0 Å². The zero-order chi connectivity index (χ0) is 43.5. The van der Waals surface area contributed by atoms with Gasteiger partial charge in [-0.2, -0.15) is 0 Å². The Balaban J connectivity index is 4.27. The van der Waals surface area contributed by atoms with Crippen LogP contribution in [0, 0.1) is 0 Å². The van der Waals surface area contributed by atoms with E-state index in [0.29, 0.717) is 19.4 Å². The third-order valence-electron chi connectivity index (χ3n) is 11.0. The van der Waals surface area contributed by atoms with Crippen LogP contribution in [0.4, 0.5) is 0 Å². The number of carbonyl (C=O) groups excluding carboxylic acids is 2. The van der Waals surface area contributed by atoms with Gasteiger partial charge in [0.05, 0.1) is 6.61 Å². The van der Waals surface area contributed by atoms with Gasteiger partial charge >= 0.3 is 11.9 Å². The third-order valence-corrected chi connectivity index (χ3v) is 11.0. The van der Waals surface area contributed by atoms with Crippen LogP contribution in [0.2, 0.25) is 0 Å². The van der Waals surface area contributed by atoms with Gasteiger partial charge in [0.2, 0.25) is 0 Å². The van der Waals surface area contributed by atoms with E-state index in [9.17, 15) is 9.59 Å². The first kappa shape index (κ1) is 57.6. The van der Waals surface area contributed by atoms with Crippen molar-refractivity contribution in [2.45, 2.75) is 258 Å². The standard InChI is InChI=1S/C55H98O5/c1-4-7-10-13-16-19-22-25-27-28-29-31-33-36-39-42-45-48-54(56)59-52-53(51-58-50-47-44-41-38-35-32-26-23-20-17-14-11-8-5-2)60-55(57)49-46-43-40-37-34-30-24-21-18-15-12-9-6-3/h7,10-11,14,16,19-20,23,25,27,53H,4-6,8-9,12-13,15,17-18,21-22,24,26,28-52H2,1-3H3/b10-7-,14-11-,19-16-,23-20-,27-25-. The van der Waals surface area contributed by atoms with Gasteiger partial charge in [-0.25, -0.2) is 0 Å². The second kappa shape index (κ2) is 51.0. The Hall–Kier alpha value is -2.40. The lowest BCUT2D eigenvalue weighted by Gasteiger charge is -2.18. The van der Waals surface area contributed by atoms with Crippen molar-refractivity contribution in [3.8, 4) is 0 Å². The summed E-state index contributed by atoms with van der Waals surface area (Å²) in [7, 11) is 0. The smallest absolute Gasteiger partial charge is 0.306 e. The number of ether oxygens (including phenoxy) is 3. The lowest BCUT2D eigenvalue weighted by molar-refractivity contribution is -0.163. The molecule has 0 spiro atoms. The number of hydrogen-bond acceptors (Lipinski definition) is 5. The van der Waals surface area contributed by atoms with Crippen molar-refractivity contribution in [3.63, 3.8) is 0 Å². The molecule has 0 rings (SSSR count). The predicted molar refractivity (Wildman–Crippen MR) is 261 cm³/mol. The van der Waals surface area contributed by atoms with Crippen molar-refractivity contribution in [1.82, 2.24) is 0 Å². The van der Waals surface area contributed by atoms with E-state index in [4.69, 9.17) is 14.2 Å². The van der Waals surface area contributed by atoms with Crippen LogP contribution in [0.5, 0.6) is 0 Å². The highest BCUT2D eigenvalue weighted by Crippen LogP contribution is 2.15. The fourth-order valence-electron chi connectivity index (χ4n) is 7.21. The summed E-state index contributed by atoms with van der Waals surface area (Å²) < 4.78 is 17.4. The van der Waals surface area contributed by atoms with Gasteiger partial charge in [0.15, 0.2) is 6.10 Å². The second-order valence-electron chi connectivity index (χ2n) is 17.0. The van der Waals surface area contributed by atoms with E-state index >= 15 is 0 Å². The summed E-state index contributed by atoms with van der Waals surface area (Å²) >= 11 is 0. The van der Waals surface area contributed by atoms with Crippen molar-refractivity contribution >= 4 is 11.9 Å². The van der Waals surface area contributed by atoms with Gasteiger partial charge in [-0.1, -0.05) is 223 Å². The average Bonchev–Trinajstić information content (AvgIpc) is 3.25. The molecule has 348 valence electrons. The molecule has 0 aliphatic heterocycles. The maximum Gasteiger partial charge on any atom is 0.306 e. The summed E-state index contributed by atoms with van der Waals surface area (Å²) in [6.45, 7) is 7.65. The zero-order valence-corrected chi connectivity index (χ0v) is 40.0. The molecule has 5 heteroatoms. The van der Waals surface area contributed by atoms with Gasteiger partial charge in [0.1, 0.15) is 6.61 Å². The quantitative estimate of drug-likeness (QED) is 0.0347. The molecule has 0 heterocycles. The molecule has 5 nitrogen and oxygen atoms in total. The van der Waals surface area contributed by atoms with E-state index in [1.807, 2.05) is 0 Å². The minimum Gasteiger partial charge on any atom is -0.462 e. The Morgan fingerprint density at radius 3 is 1.27 bits per heavy atom. The van der Waals surface area contributed by atoms with E-state index in [2.05, 4.69) is 81.5 Å². The van der Waals surface area contributed by atoms with Crippen LogP contribution in [0.3, 0.4) is 0 Å². The van der Waals surface area contributed by atoms with E-state index in [1.165, 1.54) is 141 Å².